The number of fused-ring (bicyclic) bond motifs is 5. The van der Waals surface area contributed by atoms with Crippen molar-refractivity contribution in [3.05, 3.63) is 231 Å². The topological polar surface area (TPSA) is 8.17 Å². The molecule has 0 saturated carbocycles. The first kappa shape index (κ1) is 33.6. The van der Waals surface area contributed by atoms with Crippen LogP contribution in [0.1, 0.15) is 0 Å². The number of aromatic nitrogens is 1. The summed E-state index contributed by atoms with van der Waals surface area (Å²) in [5.74, 6) is 0. The molecule has 0 unspecified atom stereocenters. The van der Waals surface area contributed by atoms with E-state index in [-0.39, 0.29) is 0 Å². The van der Waals surface area contributed by atoms with Crippen LogP contribution < -0.4 is 4.90 Å². The number of para-hydroxylation sites is 1. The van der Waals surface area contributed by atoms with E-state index in [9.17, 15) is 0 Å². The maximum atomic E-state index is 2.51. The molecule has 0 amide bonds. The van der Waals surface area contributed by atoms with Gasteiger partial charge >= 0.3 is 0 Å². The lowest BCUT2D eigenvalue weighted by molar-refractivity contribution is 1.19. The third kappa shape index (κ3) is 5.66. The highest BCUT2D eigenvalue weighted by Gasteiger charge is 2.23. The highest BCUT2D eigenvalue weighted by Crippen LogP contribution is 2.47. The SMILES string of the molecule is c1ccc(-c2ccc(-c3ccccc3)c(N(c3ccc4c5ccccc5n(-c5c(-c6ccccc6)ccc6ccccc56)c4c3)c3cccc4ccccc34)c2)cc1. The van der Waals surface area contributed by atoms with Crippen LogP contribution in [0.3, 0.4) is 0 Å². The van der Waals surface area contributed by atoms with Crippen LogP contribution in [0.4, 0.5) is 17.1 Å². The fourth-order valence-corrected chi connectivity index (χ4v) is 8.89. The first-order valence-electron chi connectivity index (χ1n) is 19.9. The van der Waals surface area contributed by atoms with Crippen molar-refractivity contribution in [3.8, 4) is 39.1 Å². The molecular formula is C56H38N2. The zero-order chi connectivity index (χ0) is 38.4. The molecule has 0 radical (unpaired) electrons. The van der Waals surface area contributed by atoms with Gasteiger partial charge in [0, 0.05) is 38.4 Å². The first-order valence-corrected chi connectivity index (χ1v) is 19.9. The lowest BCUT2D eigenvalue weighted by Gasteiger charge is -2.30. The Morgan fingerprint density at radius 1 is 0.293 bits per heavy atom. The molecule has 11 rings (SSSR count). The molecule has 1 aromatic heterocycles. The van der Waals surface area contributed by atoms with Crippen molar-refractivity contribution in [2.45, 2.75) is 0 Å². The number of nitrogens with zero attached hydrogens (tertiary/aromatic N) is 2. The summed E-state index contributed by atoms with van der Waals surface area (Å²) in [6.45, 7) is 0. The Bertz CT molecular complexity index is 3270. The quantitative estimate of drug-likeness (QED) is 0.158. The van der Waals surface area contributed by atoms with Crippen LogP contribution >= 0.6 is 0 Å². The number of hydrogen-bond donors (Lipinski definition) is 0. The molecule has 2 nitrogen and oxygen atoms in total. The van der Waals surface area contributed by atoms with Gasteiger partial charge in [-0.3, -0.25) is 0 Å². The molecule has 0 bridgehead atoms. The molecule has 0 spiro atoms. The molecule has 272 valence electrons. The minimum atomic E-state index is 1.08. The predicted molar refractivity (Wildman–Crippen MR) is 247 cm³/mol. The van der Waals surface area contributed by atoms with Crippen molar-refractivity contribution < 1.29 is 0 Å². The van der Waals surface area contributed by atoms with Gasteiger partial charge in [0.2, 0.25) is 0 Å². The van der Waals surface area contributed by atoms with E-state index in [0.29, 0.717) is 0 Å². The van der Waals surface area contributed by atoms with Gasteiger partial charge in [0.05, 0.1) is 28.1 Å². The Kier molecular flexibility index (Phi) is 8.19. The smallest absolute Gasteiger partial charge is 0.0618 e. The van der Waals surface area contributed by atoms with E-state index in [1.165, 1.54) is 71.3 Å². The molecule has 0 atom stereocenters. The van der Waals surface area contributed by atoms with Crippen LogP contribution in [-0.2, 0) is 0 Å². The Hall–Kier alpha value is -7.68. The van der Waals surface area contributed by atoms with Gasteiger partial charge in [-0.15, -0.1) is 0 Å². The summed E-state index contributed by atoms with van der Waals surface area (Å²) in [5.41, 5.74) is 13.9. The monoisotopic (exact) mass is 738 g/mol. The van der Waals surface area contributed by atoms with Crippen molar-refractivity contribution in [1.29, 1.82) is 0 Å². The second kappa shape index (κ2) is 14.1. The maximum absolute atomic E-state index is 2.51. The molecule has 0 N–H and O–H groups in total. The zero-order valence-electron chi connectivity index (χ0n) is 31.8. The minimum absolute atomic E-state index is 1.08. The second-order valence-corrected chi connectivity index (χ2v) is 14.9. The largest absolute Gasteiger partial charge is 0.309 e. The minimum Gasteiger partial charge on any atom is -0.309 e. The summed E-state index contributed by atoms with van der Waals surface area (Å²) in [5, 5.41) is 7.25. The standard InChI is InChI=1S/C56H38N2/c1-4-17-39(18-5-1)44-32-34-47(40-19-6-2-7-20-40)54(37-44)57(52-30-16-25-41-23-10-12-26-46(41)52)45-33-36-51-50-28-14-15-29-53(50)58(55(51)38-45)56-48-27-13-11-24-43(48)31-35-49(56)42-21-8-3-9-22-42/h1-38H. The third-order valence-electron chi connectivity index (χ3n) is 11.6. The van der Waals surface area contributed by atoms with Gasteiger partial charge < -0.3 is 9.47 Å². The Labute approximate surface area is 338 Å². The van der Waals surface area contributed by atoms with Crippen molar-refractivity contribution in [2.75, 3.05) is 4.90 Å². The summed E-state index contributed by atoms with van der Waals surface area (Å²) >= 11 is 0. The molecule has 2 heteroatoms. The average molecular weight is 739 g/mol. The van der Waals surface area contributed by atoms with Crippen LogP contribution in [-0.4, -0.2) is 4.57 Å². The highest BCUT2D eigenvalue weighted by molar-refractivity contribution is 6.13. The first-order chi connectivity index (χ1) is 28.8. The van der Waals surface area contributed by atoms with Gasteiger partial charge in [-0.05, 0) is 63.4 Å². The molecule has 0 aliphatic rings. The molecule has 0 saturated heterocycles. The van der Waals surface area contributed by atoms with Crippen LogP contribution in [0.25, 0.3) is 82.4 Å². The van der Waals surface area contributed by atoms with Crippen LogP contribution in [0.2, 0.25) is 0 Å². The van der Waals surface area contributed by atoms with E-state index in [1.54, 1.807) is 0 Å². The van der Waals surface area contributed by atoms with E-state index in [0.717, 1.165) is 28.1 Å². The summed E-state index contributed by atoms with van der Waals surface area (Å²) < 4.78 is 2.51. The van der Waals surface area contributed by atoms with Gasteiger partial charge in [-0.2, -0.15) is 0 Å². The van der Waals surface area contributed by atoms with E-state index < -0.39 is 0 Å². The maximum Gasteiger partial charge on any atom is 0.0618 e. The Morgan fingerprint density at radius 2 is 0.845 bits per heavy atom. The lowest BCUT2D eigenvalue weighted by atomic mass is 9.96. The van der Waals surface area contributed by atoms with E-state index in [4.69, 9.17) is 0 Å². The Morgan fingerprint density at radius 3 is 1.59 bits per heavy atom. The van der Waals surface area contributed by atoms with E-state index in [2.05, 4.69) is 240 Å². The fraction of sp³-hybridized carbons (Fsp3) is 0. The number of benzene rings is 10. The van der Waals surface area contributed by atoms with Crippen molar-refractivity contribution >= 4 is 60.4 Å². The second-order valence-electron chi connectivity index (χ2n) is 14.9. The molecule has 0 fully saturated rings. The van der Waals surface area contributed by atoms with Crippen LogP contribution in [0.15, 0.2) is 231 Å². The van der Waals surface area contributed by atoms with E-state index in [1.807, 2.05) is 0 Å². The van der Waals surface area contributed by atoms with Crippen molar-refractivity contribution in [2.24, 2.45) is 0 Å². The van der Waals surface area contributed by atoms with Gasteiger partial charge in [-0.25, -0.2) is 0 Å². The summed E-state index contributed by atoms with van der Waals surface area (Å²) in [7, 11) is 0. The van der Waals surface area contributed by atoms with Gasteiger partial charge in [0.1, 0.15) is 0 Å². The van der Waals surface area contributed by atoms with Crippen LogP contribution in [0.5, 0.6) is 0 Å². The van der Waals surface area contributed by atoms with Crippen molar-refractivity contribution in [1.82, 2.24) is 4.57 Å². The van der Waals surface area contributed by atoms with E-state index >= 15 is 0 Å². The summed E-state index contributed by atoms with van der Waals surface area (Å²) in [6, 6.07) is 83.9. The van der Waals surface area contributed by atoms with Gasteiger partial charge in [-0.1, -0.05) is 200 Å². The summed E-state index contributed by atoms with van der Waals surface area (Å²) in [6.07, 6.45) is 0. The Balaban J connectivity index is 1.26. The molecular weight excluding hydrogens is 701 g/mol. The average Bonchev–Trinajstić information content (AvgIpc) is 3.63. The summed E-state index contributed by atoms with van der Waals surface area (Å²) in [4.78, 5) is 2.49. The third-order valence-corrected chi connectivity index (χ3v) is 11.6. The number of hydrogen-bond acceptors (Lipinski definition) is 1. The highest BCUT2D eigenvalue weighted by atomic mass is 15.1. The molecule has 10 aromatic carbocycles. The van der Waals surface area contributed by atoms with Crippen LogP contribution in [0, 0.1) is 0 Å². The van der Waals surface area contributed by atoms with Gasteiger partial charge in [0.25, 0.3) is 0 Å². The fourth-order valence-electron chi connectivity index (χ4n) is 8.89. The molecule has 0 aliphatic carbocycles. The lowest BCUT2D eigenvalue weighted by Crippen LogP contribution is -2.12. The molecule has 11 aromatic rings. The zero-order valence-corrected chi connectivity index (χ0v) is 31.8. The number of rotatable bonds is 7. The normalized spacial score (nSPS) is 11.4. The molecule has 58 heavy (non-hydrogen) atoms. The van der Waals surface area contributed by atoms with Crippen molar-refractivity contribution in [3.63, 3.8) is 0 Å². The molecule has 1 heterocycles. The molecule has 0 aliphatic heterocycles. The predicted octanol–water partition coefficient (Wildman–Crippen LogP) is 15.6. The number of anilines is 3. The van der Waals surface area contributed by atoms with Gasteiger partial charge in [0.15, 0.2) is 0 Å².